The number of carbonyl (C=O) groups excluding carboxylic acids is 2. The van der Waals surface area contributed by atoms with Gasteiger partial charge in [0.05, 0.1) is 12.7 Å². The van der Waals surface area contributed by atoms with E-state index in [4.69, 9.17) is 4.74 Å². The van der Waals surface area contributed by atoms with Crippen molar-refractivity contribution >= 4 is 23.6 Å². The molecule has 1 saturated carbocycles. The minimum atomic E-state index is -0.243. The van der Waals surface area contributed by atoms with Crippen LogP contribution >= 0.6 is 0 Å². The number of amides is 1. The fourth-order valence-electron chi connectivity index (χ4n) is 2.36. The Hall–Kier alpha value is -2.43. The molecule has 0 saturated heterocycles. The van der Waals surface area contributed by atoms with Gasteiger partial charge < -0.3 is 10.1 Å². The van der Waals surface area contributed by atoms with E-state index in [1.165, 1.54) is 20.0 Å². The molecule has 0 aromatic heterocycles. The van der Waals surface area contributed by atoms with Crippen molar-refractivity contribution in [1.29, 1.82) is 0 Å². The largest absolute Gasteiger partial charge is 0.496 e. The first kappa shape index (κ1) is 13.5. The average Bonchev–Trinajstić information content (AvgIpc) is 3.24. The smallest absolute Gasteiger partial charge is 0.273 e. The van der Waals surface area contributed by atoms with E-state index < -0.39 is 0 Å². The number of benzene rings is 1. The van der Waals surface area contributed by atoms with E-state index in [1.807, 2.05) is 6.08 Å². The second kappa shape index (κ2) is 5.52. The summed E-state index contributed by atoms with van der Waals surface area (Å²) in [4.78, 5) is 27.5. The molecular formula is C16H16N2O3. The van der Waals surface area contributed by atoms with Crippen molar-refractivity contribution in [2.45, 2.75) is 19.3 Å². The van der Waals surface area contributed by atoms with Gasteiger partial charge in [0.2, 0.25) is 0 Å². The van der Waals surface area contributed by atoms with Gasteiger partial charge in [-0.05, 0) is 43.0 Å². The molecule has 5 nitrogen and oxygen atoms in total. The molecule has 1 N–H and O–H groups in total. The zero-order valence-electron chi connectivity index (χ0n) is 11.8. The summed E-state index contributed by atoms with van der Waals surface area (Å²) in [6.45, 7) is 0. The van der Waals surface area contributed by atoms with Crippen LogP contribution in [-0.2, 0) is 4.79 Å². The molecule has 1 fully saturated rings. The highest BCUT2D eigenvalue weighted by molar-refractivity contribution is 6.08. The second-order valence-electron chi connectivity index (χ2n) is 5.20. The molecule has 2 aliphatic rings. The lowest BCUT2D eigenvalue weighted by Crippen LogP contribution is -2.13. The highest BCUT2D eigenvalue weighted by Crippen LogP contribution is 2.34. The van der Waals surface area contributed by atoms with E-state index in [0.29, 0.717) is 34.9 Å². The highest BCUT2D eigenvalue weighted by atomic mass is 16.5. The Morgan fingerprint density at radius 1 is 1.43 bits per heavy atom. The van der Waals surface area contributed by atoms with Gasteiger partial charge in [-0.3, -0.25) is 14.6 Å². The lowest BCUT2D eigenvalue weighted by Gasteiger charge is -2.08. The number of nitrogens with one attached hydrogen (secondary N) is 1. The van der Waals surface area contributed by atoms with Crippen molar-refractivity contribution in [2.75, 3.05) is 12.4 Å². The monoisotopic (exact) mass is 284 g/mol. The third kappa shape index (κ3) is 2.86. The summed E-state index contributed by atoms with van der Waals surface area (Å²) >= 11 is 0. The number of rotatable bonds is 5. The molecule has 0 bridgehead atoms. The standard InChI is InChI=1S/C16H16N2O3/c1-21-15-7-4-12(8-11(15)9-19)17-16(20)14-6-5-13(18-14)10-2-3-10/h4,6-10H,2-3,5H2,1H3,(H,17,20). The fourth-order valence-corrected chi connectivity index (χ4v) is 2.36. The van der Waals surface area contributed by atoms with Crippen LogP contribution in [-0.4, -0.2) is 25.0 Å². The fraction of sp³-hybridized carbons (Fsp3) is 0.312. The Kier molecular flexibility index (Phi) is 3.56. The molecule has 1 aromatic rings. The maximum atomic E-state index is 12.2. The lowest BCUT2D eigenvalue weighted by molar-refractivity contribution is -0.112. The maximum absolute atomic E-state index is 12.2. The topological polar surface area (TPSA) is 67.8 Å². The van der Waals surface area contributed by atoms with Crippen molar-refractivity contribution < 1.29 is 14.3 Å². The predicted molar refractivity (Wildman–Crippen MR) is 79.9 cm³/mol. The van der Waals surface area contributed by atoms with Crippen LogP contribution < -0.4 is 10.1 Å². The van der Waals surface area contributed by atoms with Crippen LogP contribution in [0.3, 0.4) is 0 Å². The summed E-state index contributed by atoms with van der Waals surface area (Å²) in [5, 5.41) is 2.76. The summed E-state index contributed by atoms with van der Waals surface area (Å²) in [6.07, 6.45) is 5.70. The maximum Gasteiger partial charge on any atom is 0.273 e. The van der Waals surface area contributed by atoms with E-state index in [2.05, 4.69) is 10.3 Å². The van der Waals surface area contributed by atoms with Gasteiger partial charge in [0, 0.05) is 17.8 Å². The van der Waals surface area contributed by atoms with Crippen LogP contribution in [0.1, 0.15) is 29.6 Å². The first-order valence-electron chi connectivity index (χ1n) is 6.93. The van der Waals surface area contributed by atoms with Crippen LogP contribution in [0.25, 0.3) is 0 Å². The normalized spacial score (nSPS) is 17.0. The van der Waals surface area contributed by atoms with Gasteiger partial charge in [0.25, 0.3) is 5.91 Å². The molecule has 0 radical (unpaired) electrons. The van der Waals surface area contributed by atoms with Gasteiger partial charge in [-0.1, -0.05) is 0 Å². The van der Waals surface area contributed by atoms with Crippen molar-refractivity contribution in [2.24, 2.45) is 10.9 Å². The SMILES string of the molecule is COc1ccc(NC(=O)C2=CCC(C3CC3)=N2)cc1C=O. The summed E-state index contributed by atoms with van der Waals surface area (Å²) in [7, 11) is 1.50. The predicted octanol–water partition coefficient (Wildman–Crippen LogP) is 2.58. The molecule has 1 aliphatic carbocycles. The minimum Gasteiger partial charge on any atom is -0.496 e. The van der Waals surface area contributed by atoms with Crippen LogP contribution in [0.4, 0.5) is 5.69 Å². The number of carbonyl (C=O) groups is 2. The molecule has 1 amide bonds. The van der Waals surface area contributed by atoms with Gasteiger partial charge >= 0.3 is 0 Å². The molecule has 5 heteroatoms. The number of methoxy groups -OCH3 is 1. The number of hydrogen-bond acceptors (Lipinski definition) is 4. The molecule has 0 unspecified atom stereocenters. The zero-order valence-corrected chi connectivity index (χ0v) is 11.8. The Morgan fingerprint density at radius 3 is 2.90 bits per heavy atom. The van der Waals surface area contributed by atoms with Crippen LogP contribution in [0, 0.1) is 5.92 Å². The number of hydrogen-bond donors (Lipinski definition) is 1. The van der Waals surface area contributed by atoms with E-state index in [-0.39, 0.29) is 5.91 Å². The average molecular weight is 284 g/mol. The van der Waals surface area contributed by atoms with E-state index in [1.54, 1.807) is 18.2 Å². The number of allylic oxidation sites excluding steroid dienone is 1. The lowest BCUT2D eigenvalue weighted by atomic mass is 10.2. The Labute approximate surface area is 122 Å². The number of nitrogens with zero attached hydrogens (tertiary/aromatic N) is 1. The Balaban J connectivity index is 1.71. The van der Waals surface area contributed by atoms with E-state index in [0.717, 1.165) is 12.1 Å². The Morgan fingerprint density at radius 2 is 2.24 bits per heavy atom. The van der Waals surface area contributed by atoms with Gasteiger partial charge in [-0.25, -0.2) is 0 Å². The molecule has 1 aliphatic heterocycles. The summed E-state index contributed by atoms with van der Waals surface area (Å²) in [6, 6.07) is 4.94. The number of anilines is 1. The quantitative estimate of drug-likeness (QED) is 0.845. The van der Waals surface area contributed by atoms with Crippen molar-refractivity contribution in [3.63, 3.8) is 0 Å². The minimum absolute atomic E-state index is 0.243. The summed E-state index contributed by atoms with van der Waals surface area (Å²) in [5.74, 6) is 0.819. The highest BCUT2D eigenvalue weighted by Gasteiger charge is 2.30. The zero-order chi connectivity index (χ0) is 14.8. The summed E-state index contributed by atoms with van der Waals surface area (Å²) < 4.78 is 5.07. The molecule has 0 atom stereocenters. The molecule has 108 valence electrons. The molecule has 21 heavy (non-hydrogen) atoms. The van der Waals surface area contributed by atoms with Crippen LogP contribution in [0.5, 0.6) is 5.75 Å². The van der Waals surface area contributed by atoms with Crippen molar-refractivity contribution in [1.82, 2.24) is 0 Å². The summed E-state index contributed by atoms with van der Waals surface area (Å²) in [5.41, 5.74) is 2.53. The first-order valence-corrected chi connectivity index (χ1v) is 6.93. The number of aldehydes is 1. The first-order chi connectivity index (χ1) is 10.2. The molecule has 3 rings (SSSR count). The van der Waals surface area contributed by atoms with Crippen LogP contribution in [0.15, 0.2) is 35.0 Å². The van der Waals surface area contributed by atoms with Crippen molar-refractivity contribution in [3.05, 3.63) is 35.5 Å². The molecular weight excluding hydrogens is 268 g/mol. The van der Waals surface area contributed by atoms with Gasteiger partial charge in [0.1, 0.15) is 11.4 Å². The van der Waals surface area contributed by atoms with Gasteiger partial charge in [-0.2, -0.15) is 0 Å². The van der Waals surface area contributed by atoms with Crippen LogP contribution in [0.2, 0.25) is 0 Å². The number of aliphatic imine (C=N–C) groups is 1. The molecule has 1 heterocycles. The van der Waals surface area contributed by atoms with Crippen molar-refractivity contribution in [3.8, 4) is 5.75 Å². The molecule has 0 spiro atoms. The Bertz CT molecular complexity index is 657. The van der Waals surface area contributed by atoms with E-state index >= 15 is 0 Å². The third-order valence-corrected chi connectivity index (χ3v) is 3.66. The van der Waals surface area contributed by atoms with Gasteiger partial charge in [0.15, 0.2) is 6.29 Å². The third-order valence-electron chi connectivity index (χ3n) is 3.66. The second-order valence-corrected chi connectivity index (χ2v) is 5.20. The van der Waals surface area contributed by atoms with Gasteiger partial charge in [-0.15, -0.1) is 0 Å². The number of ether oxygens (including phenoxy) is 1. The van der Waals surface area contributed by atoms with E-state index in [9.17, 15) is 9.59 Å². The molecule has 1 aromatic carbocycles.